The maximum absolute atomic E-state index is 6.81. The van der Waals surface area contributed by atoms with Gasteiger partial charge in [-0.3, -0.25) is 0 Å². The molecule has 0 amide bonds. The second kappa shape index (κ2) is 3.46. The Hall–Kier alpha value is -1.53. The van der Waals surface area contributed by atoms with Crippen molar-refractivity contribution in [2.24, 2.45) is 0 Å². The van der Waals surface area contributed by atoms with E-state index in [4.69, 9.17) is 16.0 Å². The van der Waals surface area contributed by atoms with Crippen molar-refractivity contribution in [2.75, 3.05) is 13.2 Å². The van der Waals surface area contributed by atoms with Gasteiger partial charge in [-0.15, -0.1) is 0 Å². The topological polar surface area (TPSA) is 26.1 Å². The molecule has 1 aliphatic rings. The van der Waals surface area contributed by atoms with Crippen LogP contribution in [0.2, 0.25) is 0 Å². The standard InChI is InChI=1S/C10H9NO2/c1-11-8-3-2-4-9(5-8)12-6-10-7-13-10/h2-5,10H,6-7H2/t10-/m1/s1. The second-order valence-electron chi connectivity index (χ2n) is 2.88. The molecule has 66 valence electrons. The molecule has 0 radical (unpaired) electrons. The van der Waals surface area contributed by atoms with E-state index in [1.165, 1.54) is 0 Å². The van der Waals surface area contributed by atoms with Crippen LogP contribution in [-0.2, 0) is 4.74 Å². The van der Waals surface area contributed by atoms with Gasteiger partial charge < -0.3 is 9.47 Å². The molecule has 0 saturated carbocycles. The molecule has 2 rings (SSSR count). The average Bonchev–Trinajstić information content (AvgIpc) is 2.99. The van der Waals surface area contributed by atoms with Crippen LogP contribution in [0.4, 0.5) is 5.69 Å². The normalized spacial score (nSPS) is 19.2. The van der Waals surface area contributed by atoms with Gasteiger partial charge in [0.2, 0.25) is 0 Å². The molecule has 3 heteroatoms. The molecule has 1 saturated heterocycles. The summed E-state index contributed by atoms with van der Waals surface area (Å²) < 4.78 is 10.4. The number of hydrogen-bond acceptors (Lipinski definition) is 2. The van der Waals surface area contributed by atoms with Crippen LogP contribution in [0.1, 0.15) is 0 Å². The van der Waals surface area contributed by atoms with E-state index in [1.54, 1.807) is 12.1 Å². The number of benzene rings is 1. The van der Waals surface area contributed by atoms with Gasteiger partial charge in [-0.1, -0.05) is 12.1 Å². The zero-order chi connectivity index (χ0) is 9.10. The van der Waals surface area contributed by atoms with E-state index in [2.05, 4.69) is 4.85 Å². The first-order valence-corrected chi connectivity index (χ1v) is 4.10. The maximum Gasteiger partial charge on any atom is 0.190 e. The molecule has 0 spiro atoms. The van der Waals surface area contributed by atoms with Gasteiger partial charge in [-0.25, -0.2) is 4.85 Å². The molecule has 1 atom stereocenters. The van der Waals surface area contributed by atoms with Crippen molar-refractivity contribution in [3.05, 3.63) is 35.7 Å². The molecule has 3 nitrogen and oxygen atoms in total. The molecule has 1 fully saturated rings. The Morgan fingerprint density at radius 3 is 3.15 bits per heavy atom. The summed E-state index contributed by atoms with van der Waals surface area (Å²) in [6.07, 6.45) is 0.261. The van der Waals surface area contributed by atoms with Crippen LogP contribution in [-0.4, -0.2) is 19.3 Å². The number of rotatable bonds is 3. The highest BCUT2D eigenvalue weighted by molar-refractivity contribution is 5.48. The van der Waals surface area contributed by atoms with Gasteiger partial charge in [-0.05, 0) is 12.1 Å². The Balaban J connectivity index is 1.98. The third-order valence-electron chi connectivity index (χ3n) is 1.78. The third kappa shape index (κ3) is 2.20. The largest absolute Gasteiger partial charge is 0.492 e. The zero-order valence-electron chi connectivity index (χ0n) is 7.06. The zero-order valence-corrected chi connectivity index (χ0v) is 7.06. The Morgan fingerprint density at radius 2 is 2.46 bits per heavy atom. The fourth-order valence-electron chi connectivity index (χ4n) is 0.996. The van der Waals surface area contributed by atoms with E-state index in [9.17, 15) is 0 Å². The Labute approximate surface area is 76.7 Å². The van der Waals surface area contributed by atoms with Gasteiger partial charge in [0, 0.05) is 0 Å². The SMILES string of the molecule is [C-]#[N+]c1cccc(OC[C@@H]2CO2)c1. The Kier molecular flexibility index (Phi) is 2.15. The quantitative estimate of drug-likeness (QED) is 0.519. The summed E-state index contributed by atoms with van der Waals surface area (Å²) >= 11 is 0. The molecule has 1 heterocycles. The van der Waals surface area contributed by atoms with Gasteiger partial charge in [0.15, 0.2) is 5.69 Å². The van der Waals surface area contributed by atoms with Crippen LogP contribution in [0, 0.1) is 6.57 Å². The van der Waals surface area contributed by atoms with E-state index >= 15 is 0 Å². The van der Waals surface area contributed by atoms with Crippen LogP contribution in [0.3, 0.4) is 0 Å². The number of epoxide rings is 1. The summed E-state index contributed by atoms with van der Waals surface area (Å²) in [6.45, 7) is 8.19. The van der Waals surface area contributed by atoms with Gasteiger partial charge in [0.1, 0.15) is 18.5 Å². The van der Waals surface area contributed by atoms with Crippen LogP contribution in [0.5, 0.6) is 5.75 Å². The van der Waals surface area contributed by atoms with Gasteiger partial charge in [-0.2, -0.15) is 0 Å². The maximum atomic E-state index is 6.81. The summed E-state index contributed by atoms with van der Waals surface area (Å²) in [4.78, 5) is 3.31. The van der Waals surface area contributed by atoms with E-state index in [-0.39, 0.29) is 6.10 Å². The smallest absolute Gasteiger partial charge is 0.190 e. The molecule has 0 unspecified atom stereocenters. The highest BCUT2D eigenvalue weighted by Gasteiger charge is 2.22. The minimum absolute atomic E-state index is 0.261. The highest BCUT2D eigenvalue weighted by Crippen LogP contribution is 2.20. The number of ether oxygens (including phenoxy) is 2. The number of nitrogens with zero attached hydrogens (tertiary/aromatic N) is 1. The summed E-state index contributed by atoms with van der Waals surface area (Å²) in [5.41, 5.74) is 0.606. The summed E-state index contributed by atoms with van der Waals surface area (Å²) in [6, 6.07) is 7.15. The molecule has 13 heavy (non-hydrogen) atoms. The monoisotopic (exact) mass is 175 g/mol. The van der Waals surface area contributed by atoms with Gasteiger partial charge in [0.25, 0.3) is 0 Å². The molecule has 1 aliphatic heterocycles. The van der Waals surface area contributed by atoms with Crippen LogP contribution < -0.4 is 4.74 Å². The third-order valence-corrected chi connectivity index (χ3v) is 1.78. The second-order valence-corrected chi connectivity index (χ2v) is 2.88. The first kappa shape index (κ1) is 8.09. The fourth-order valence-corrected chi connectivity index (χ4v) is 0.996. The van der Waals surface area contributed by atoms with Crippen LogP contribution in [0.25, 0.3) is 4.85 Å². The first-order chi connectivity index (χ1) is 6.38. The molecule has 1 aromatic rings. The van der Waals surface area contributed by atoms with E-state index in [0.717, 1.165) is 12.4 Å². The van der Waals surface area contributed by atoms with Gasteiger partial charge in [0.05, 0.1) is 13.2 Å². The lowest BCUT2D eigenvalue weighted by Crippen LogP contribution is -2.03. The number of hydrogen-bond donors (Lipinski definition) is 0. The minimum Gasteiger partial charge on any atom is -0.492 e. The molecule has 0 aliphatic carbocycles. The summed E-state index contributed by atoms with van der Waals surface area (Å²) in [5.74, 6) is 0.740. The van der Waals surface area contributed by atoms with Crippen molar-refractivity contribution >= 4 is 5.69 Å². The lowest BCUT2D eigenvalue weighted by atomic mass is 10.3. The lowest BCUT2D eigenvalue weighted by Gasteiger charge is -2.03. The summed E-state index contributed by atoms with van der Waals surface area (Å²) in [7, 11) is 0. The lowest BCUT2D eigenvalue weighted by molar-refractivity contribution is 0.263. The molecule has 0 bridgehead atoms. The average molecular weight is 175 g/mol. The van der Waals surface area contributed by atoms with Crippen LogP contribution >= 0.6 is 0 Å². The fraction of sp³-hybridized carbons (Fsp3) is 0.300. The predicted molar refractivity (Wildman–Crippen MR) is 47.9 cm³/mol. The van der Waals surface area contributed by atoms with Crippen LogP contribution in [0.15, 0.2) is 24.3 Å². The van der Waals surface area contributed by atoms with E-state index in [0.29, 0.717) is 12.3 Å². The van der Waals surface area contributed by atoms with Crippen molar-refractivity contribution in [3.8, 4) is 5.75 Å². The molecule has 0 aromatic heterocycles. The Bertz CT molecular complexity index is 339. The molecular formula is C10H9NO2. The van der Waals surface area contributed by atoms with Crippen molar-refractivity contribution in [1.29, 1.82) is 0 Å². The van der Waals surface area contributed by atoms with Crippen molar-refractivity contribution in [1.82, 2.24) is 0 Å². The highest BCUT2D eigenvalue weighted by atomic mass is 16.6. The molecule has 1 aromatic carbocycles. The van der Waals surface area contributed by atoms with Crippen molar-refractivity contribution < 1.29 is 9.47 Å². The molecule has 0 N–H and O–H groups in total. The molecular weight excluding hydrogens is 166 g/mol. The van der Waals surface area contributed by atoms with E-state index in [1.807, 2.05) is 12.1 Å². The van der Waals surface area contributed by atoms with Gasteiger partial charge >= 0.3 is 0 Å². The van der Waals surface area contributed by atoms with E-state index < -0.39 is 0 Å². The minimum atomic E-state index is 0.261. The van der Waals surface area contributed by atoms with Crippen molar-refractivity contribution in [3.63, 3.8) is 0 Å². The Morgan fingerprint density at radius 1 is 1.62 bits per heavy atom. The first-order valence-electron chi connectivity index (χ1n) is 4.10. The summed E-state index contributed by atoms with van der Waals surface area (Å²) in [5, 5.41) is 0. The predicted octanol–water partition coefficient (Wildman–Crippen LogP) is 2.01. The van der Waals surface area contributed by atoms with Crippen molar-refractivity contribution in [2.45, 2.75) is 6.10 Å².